The number of ether oxygens (including phenoxy) is 2. The maximum atomic E-state index is 14.1. The topological polar surface area (TPSA) is 95.7 Å². The van der Waals surface area contributed by atoms with Crippen LogP contribution < -0.4 is 10.5 Å². The van der Waals surface area contributed by atoms with Crippen molar-refractivity contribution < 1.29 is 27.1 Å². The van der Waals surface area contributed by atoms with Crippen molar-refractivity contribution in [1.29, 1.82) is 0 Å². The van der Waals surface area contributed by atoms with Gasteiger partial charge in [-0.25, -0.2) is 17.6 Å². The molecule has 0 aliphatic carbocycles. The lowest BCUT2D eigenvalue weighted by molar-refractivity contribution is -0.145. The van der Waals surface area contributed by atoms with Gasteiger partial charge < -0.3 is 15.2 Å². The van der Waals surface area contributed by atoms with Crippen molar-refractivity contribution in [2.75, 3.05) is 19.8 Å². The van der Waals surface area contributed by atoms with Crippen LogP contribution in [0.15, 0.2) is 52.3 Å². The Morgan fingerprint density at radius 2 is 1.77 bits per heavy atom. The SMILES string of the molecule is CCOC(=O)COc1ccc(S(=O)(=O)c2ccc(CCN)cc2)cc1F. The zero-order valence-electron chi connectivity index (χ0n) is 14.3. The minimum atomic E-state index is -3.87. The van der Waals surface area contributed by atoms with Crippen molar-refractivity contribution in [1.82, 2.24) is 0 Å². The Morgan fingerprint density at radius 1 is 1.12 bits per heavy atom. The van der Waals surface area contributed by atoms with E-state index in [9.17, 15) is 17.6 Å². The minimum absolute atomic E-state index is 0.0536. The van der Waals surface area contributed by atoms with Crippen LogP contribution in [0.25, 0.3) is 0 Å². The summed E-state index contributed by atoms with van der Waals surface area (Å²) in [6.45, 7) is 1.83. The second-order valence-electron chi connectivity index (χ2n) is 5.37. The van der Waals surface area contributed by atoms with Gasteiger partial charge in [0.2, 0.25) is 9.84 Å². The second kappa shape index (κ2) is 8.77. The number of carbonyl (C=O) groups is 1. The molecule has 0 saturated carbocycles. The van der Waals surface area contributed by atoms with E-state index in [4.69, 9.17) is 10.5 Å². The van der Waals surface area contributed by atoms with E-state index >= 15 is 0 Å². The van der Waals surface area contributed by atoms with Crippen LogP contribution in [0, 0.1) is 5.82 Å². The molecule has 0 aromatic heterocycles. The molecule has 0 atom stereocenters. The zero-order chi connectivity index (χ0) is 19.2. The molecule has 0 aliphatic heterocycles. The maximum absolute atomic E-state index is 14.1. The molecule has 0 unspecified atom stereocenters. The van der Waals surface area contributed by atoms with Crippen LogP contribution >= 0.6 is 0 Å². The van der Waals surface area contributed by atoms with Crippen LogP contribution in [0.5, 0.6) is 5.75 Å². The van der Waals surface area contributed by atoms with Crippen LogP contribution in [0.1, 0.15) is 12.5 Å². The third-order valence-electron chi connectivity index (χ3n) is 3.53. The van der Waals surface area contributed by atoms with E-state index in [1.165, 1.54) is 24.3 Å². The summed E-state index contributed by atoms with van der Waals surface area (Å²) < 4.78 is 49.1. The summed E-state index contributed by atoms with van der Waals surface area (Å²) in [7, 11) is -3.87. The highest BCUT2D eigenvalue weighted by Crippen LogP contribution is 2.26. The Morgan fingerprint density at radius 3 is 2.35 bits per heavy atom. The first kappa shape index (κ1) is 19.9. The van der Waals surface area contributed by atoms with Gasteiger partial charge in [0, 0.05) is 0 Å². The van der Waals surface area contributed by atoms with Crippen LogP contribution in [0.4, 0.5) is 4.39 Å². The quantitative estimate of drug-likeness (QED) is 0.704. The third-order valence-corrected chi connectivity index (χ3v) is 5.30. The normalized spacial score (nSPS) is 11.2. The molecule has 0 spiro atoms. The molecule has 0 heterocycles. The first-order valence-electron chi connectivity index (χ1n) is 8.00. The average Bonchev–Trinajstić information content (AvgIpc) is 2.61. The Labute approximate surface area is 151 Å². The van der Waals surface area contributed by atoms with E-state index in [0.717, 1.165) is 11.6 Å². The molecular weight excluding hydrogens is 361 g/mol. The number of halogens is 1. The molecule has 0 aliphatic rings. The fourth-order valence-electron chi connectivity index (χ4n) is 2.24. The highest BCUT2D eigenvalue weighted by Gasteiger charge is 2.20. The van der Waals surface area contributed by atoms with Gasteiger partial charge in [-0.1, -0.05) is 12.1 Å². The van der Waals surface area contributed by atoms with Crippen LogP contribution in [-0.4, -0.2) is 34.1 Å². The number of rotatable bonds is 8. The fraction of sp³-hybridized carbons (Fsp3) is 0.278. The summed E-state index contributed by atoms with van der Waals surface area (Å²) in [6.07, 6.45) is 0.640. The highest BCUT2D eigenvalue weighted by atomic mass is 32.2. The van der Waals surface area contributed by atoms with E-state index in [0.29, 0.717) is 13.0 Å². The number of nitrogens with two attached hydrogens (primary N) is 1. The smallest absolute Gasteiger partial charge is 0.344 e. The van der Waals surface area contributed by atoms with E-state index in [-0.39, 0.29) is 22.1 Å². The monoisotopic (exact) mass is 381 g/mol. The predicted octanol–water partition coefficient (Wildman–Crippen LogP) is 2.10. The van der Waals surface area contributed by atoms with Crippen molar-refractivity contribution in [3.05, 3.63) is 53.8 Å². The number of hydrogen-bond acceptors (Lipinski definition) is 6. The Bertz CT molecular complexity index is 866. The lowest BCUT2D eigenvalue weighted by atomic mass is 10.2. The van der Waals surface area contributed by atoms with Crippen molar-refractivity contribution >= 4 is 15.8 Å². The van der Waals surface area contributed by atoms with Gasteiger partial charge in [-0.05, 0) is 55.8 Å². The molecule has 8 heteroatoms. The molecule has 2 N–H and O–H groups in total. The van der Waals surface area contributed by atoms with Crippen molar-refractivity contribution in [2.24, 2.45) is 5.73 Å². The number of esters is 1. The summed E-state index contributed by atoms with van der Waals surface area (Å²) in [4.78, 5) is 11.1. The molecule has 0 bridgehead atoms. The third kappa shape index (κ3) is 4.80. The van der Waals surface area contributed by atoms with Crippen molar-refractivity contribution in [3.8, 4) is 5.75 Å². The Balaban J connectivity index is 2.19. The van der Waals surface area contributed by atoms with Gasteiger partial charge in [-0.3, -0.25) is 0 Å². The molecular formula is C18H20FNO5S. The number of carbonyl (C=O) groups excluding carboxylic acids is 1. The number of hydrogen-bond donors (Lipinski definition) is 1. The summed E-state index contributed by atoms with van der Waals surface area (Å²) >= 11 is 0. The molecule has 0 saturated heterocycles. The van der Waals surface area contributed by atoms with E-state index in [1.807, 2.05) is 0 Å². The van der Waals surface area contributed by atoms with Crippen LogP contribution in [-0.2, 0) is 25.8 Å². The van der Waals surface area contributed by atoms with Crippen molar-refractivity contribution in [2.45, 2.75) is 23.1 Å². The lowest BCUT2D eigenvalue weighted by Gasteiger charge is -2.09. The molecule has 2 aromatic rings. The summed E-state index contributed by atoms with van der Waals surface area (Å²) in [5.74, 6) is -1.74. The van der Waals surface area contributed by atoms with Gasteiger partial charge in [0.1, 0.15) is 0 Å². The van der Waals surface area contributed by atoms with E-state index in [1.54, 1.807) is 19.1 Å². The first-order valence-corrected chi connectivity index (χ1v) is 9.49. The standard InChI is InChI=1S/C18H20FNO5S/c1-2-24-18(21)12-25-17-8-7-15(11-16(17)19)26(22,23)14-5-3-13(4-6-14)9-10-20/h3-8,11H,2,9-10,12,20H2,1H3. The molecule has 0 amide bonds. The lowest BCUT2D eigenvalue weighted by Crippen LogP contribution is -2.15. The molecule has 2 rings (SSSR count). The maximum Gasteiger partial charge on any atom is 0.344 e. The average molecular weight is 381 g/mol. The summed E-state index contributed by atoms with van der Waals surface area (Å²) in [6, 6.07) is 9.53. The van der Waals surface area contributed by atoms with Gasteiger partial charge in [-0.15, -0.1) is 0 Å². The van der Waals surface area contributed by atoms with Gasteiger partial charge in [0.15, 0.2) is 18.2 Å². The van der Waals surface area contributed by atoms with Crippen LogP contribution in [0.3, 0.4) is 0 Å². The molecule has 2 aromatic carbocycles. The highest BCUT2D eigenvalue weighted by molar-refractivity contribution is 7.91. The van der Waals surface area contributed by atoms with Crippen molar-refractivity contribution in [3.63, 3.8) is 0 Å². The second-order valence-corrected chi connectivity index (χ2v) is 7.32. The summed E-state index contributed by atoms with van der Waals surface area (Å²) in [5, 5.41) is 0. The minimum Gasteiger partial charge on any atom is -0.479 e. The van der Waals surface area contributed by atoms with E-state index in [2.05, 4.69) is 4.74 Å². The molecule has 26 heavy (non-hydrogen) atoms. The van der Waals surface area contributed by atoms with Gasteiger partial charge in [-0.2, -0.15) is 0 Å². The zero-order valence-corrected chi connectivity index (χ0v) is 15.1. The Hall–Kier alpha value is -2.45. The molecule has 140 valence electrons. The first-order chi connectivity index (χ1) is 12.4. The molecule has 0 fully saturated rings. The van der Waals surface area contributed by atoms with E-state index < -0.39 is 28.2 Å². The van der Waals surface area contributed by atoms with Crippen LogP contribution in [0.2, 0.25) is 0 Å². The summed E-state index contributed by atoms with van der Waals surface area (Å²) in [5.41, 5.74) is 6.38. The largest absolute Gasteiger partial charge is 0.479 e. The number of benzene rings is 2. The predicted molar refractivity (Wildman–Crippen MR) is 93.2 cm³/mol. The Kier molecular flexibility index (Phi) is 6.70. The number of sulfone groups is 1. The van der Waals surface area contributed by atoms with Gasteiger partial charge in [0.05, 0.1) is 16.4 Å². The molecule has 6 nitrogen and oxygen atoms in total. The van der Waals surface area contributed by atoms with Gasteiger partial charge in [0.25, 0.3) is 0 Å². The fourth-order valence-corrected chi connectivity index (χ4v) is 3.52. The van der Waals surface area contributed by atoms with Gasteiger partial charge >= 0.3 is 5.97 Å². The molecule has 0 radical (unpaired) electrons.